The Labute approximate surface area is 134 Å². The molecule has 1 aromatic heterocycles. The first-order valence-electron chi connectivity index (χ1n) is 7.44. The number of carbonyl (C=O) groups is 1. The molecule has 0 spiro atoms. The second-order valence-electron chi connectivity index (χ2n) is 5.88. The number of rotatable bonds is 5. The minimum absolute atomic E-state index is 0.138. The first kappa shape index (κ1) is 15.4. The van der Waals surface area contributed by atoms with Crippen LogP contribution in [0.2, 0.25) is 0 Å². The van der Waals surface area contributed by atoms with Gasteiger partial charge in [0.05, 0.1) is 28.8 Å². The molecule has 1 aliphatic heterocycles. The summed E-state index contributed by atoms with van der Waals surface area (Å²) in [5.41, 5.74) is 0.567. The molecule has 1 saturated heterocycles. The van der Waals surface area contributed by atoms with Crippen molar-refractivity contribution in [1.29, 1.82) is 0 Å². The van der Waals surface area contributed by atoms with Gasteiger partial charge in [-0.1, -0.05) is 12.1 Å². The first-order chi connectivity index (χ1) is 10.6. The molecule has 1 amide bonds. The largest absolute Gasteiger partial charge is 0.384 e. The van der Waals surface area contributed by atoms with Crippen molar-refractivity contribution in [2.24, 2.45) is 5.41 Å². The molecule has 2 heterocycles. The van der Waals surface area contributed by atoms with Crippen molar-refractivity contribution < 1.29 is 9.53 Å². The molecule has 1 aliphatic rings. The van der Waals surface area contributed by atoms with Gasteiger partial charge >= 0.3 is 0 Å². The van der Waals surface area contributed by atoms with Gasteiger partial charge in [0.1, 0.15) is 5.01 Å². The Balaban J connectivity index is 1.75. The summed E-state index contributed by atoms with van der Waals surface area (Å²) in [7, 11) is 3.50. The van der Waals surface area contributed by atoms with Gasteiger partial charge in [0, 0.05) is 20.7 Å². The van der Waals surface area contributed by atoms with E-state index >= 15 is 0 Å². The average Bonchev–Trinajstić information content (AvgIpc) is 3.13. The number of carbonyl (C=O) groups excluding carboxylic acids is 1. The van der Waals surface area contributed by atoms with E-state index in [-0.39, 0.29) is 5.91 Å². The molecule has 3 rings (SSSR count). The zero-order valence-corrected chi connectivity index (χ0v) is 13.8. The second kappa shape index (κ2) is 6.32. The fourth-order valence-corrected chi connectivity index (χ4v) is 4.08. The molecule has 0 radical (unpaired) electrons. The number of thiazole rings is 1. The van der Waals surface area contributed by atoms with Crippen LogP contribution in [0.25, 0.3) is 10.2 Å². The third-order valence-corrected chi connectivity index (χ3v) is 5.20. The molecule has 22 heavy (non-hydrogen) atoms. The highest BCUT2D eigenvalue weighted by atomic mass is 32.1. The Morgan fingerprint density at radius 2 is 2.32 bits per heavy atom. The summed E-state index contributed by atoms with van der Waals surface area (Å²) in [6.45, 7) is 2.56. The molecular weight excluding hydrogens is 298 g/mol. The highest BCUT2D eigenvalue weighted by molar-refractivity contribution is 7.18. The third kappa shape index (κ3) is 2.86. The van der Waals surface area contributed by atoms with Gasteiger partial charge in [0.2, 0.25) is 5.91 Å². The predicted octanol–water partition coefficient (Wildman–Crippen LogP) is 1.88. The highest BCUT2D eigenvalue weighted by Crippen LogP contribution is 2.29. The topological polar surface area (TPSA) is 54.5 Å². The number of aromatic nitrogens is 1. The van der Waals surface area contributed by atoms with Crippen LogP contribution in [0.4, 0.5) is 0 Å². The highest BCUT2D eigenvalue weighted by Gasteiger charge is 2.43. The van der Waals surface area contributed by atoms with E-state index in [1.54, 1.807) is 23.3 Å². The maximum Gasteiger partial charge on any atom is 0.232 e. The lowest BCUT2D eigenvalue weighted by molar-refractivity contribution is -0.143. The van der Waals surface area contributed by atoms with Crippen molar-refractivity contribution in [3.63, 3.8) is 0 Å². The van der Waals surface area contributed by atoms with E-state index in [4.69, 9.17) is 4.74 Å². The van der Waals surface area contributed by atoms with E-state index in [1.165, 1.54) is 0 Å². The number of para-hydroxylation sites is 1. The van der Waals surface area contributed by atoms with Crippen LogP contribution in [0, 0.1) is 5.41 Å². The Morgan fingerprint density at radius 1 is 1.50 bits per heavy atom. The summed E-state index contributed by atoms with van der Waals surface area (Å²) >= 11 is 1.65. The average molecular weight is 319 g/mol. The van der Waals surface area contributed by atoms with Gasteiger partial charge in [-0.25, -0.2) is 4.98 Å². The van der Waals surface area contributed by atoms with Gasteiger partial charge in [-0.05, 0) is 25.1 Å². The maximum atomic E-state index is 12.9. The number of hydrogen-bond donors (Lipinski definition) is 1. The number of ether oxygens (including phenoxy) is 1. The molecule has 5 nitrogen and oxygen atoms in total. The van der Waals surface area contributed by atoms with E-state index < -0.39 is 5.41 Å². The number of methoxy groups -OCH3 is 1. The summed E-state index contributed by atoms with van der Waals surface area (Å²) in [5.74, 6) is 0.138. The van der Waals surface area contributed by atoms with Crippen LogP contribution in [0.1, 0.15) is 11.4 Å². The number of nitrogens with zero attached hydrogens (tertiary/aromatic N) is 2. The van der Waals surface area contributed by atoms with Crippen molar-refractivity contribution in [3.8, 4) is 0 Å². The van der Waals surface area contributed by atoms with Crippen molar-refractivity contribution in [2.75, 3.05) is 33.9 Å². The summed E-state index contributed by atoms with van der Waals surface area (Å²) in [6.07, 6.45) is 0.823. The molecule has 1 fully saturated rings. The van der Waals surface area contributed by atoms with Gasteiger partial charge in [-0.3, -0.25) is 4.79 Å². The standard InChI is InChI=1S/C16H21N3O2S/c1-19(15(20)16(11-21-2)7-8-17-10-16)9-14-18-12-5-3-4-6-13(12)22-14/h3-6,17H,7-11H2,1-2H3. The molecule has 1 aromatic carbocycles. The molecule has 6 heteroatoms. The molecule has 118 valence electrons. The van der Waals surface area contributed by atoms with Crippen LogP contribution < -0.4 is 5.32 Å². The number of hydrogen-bond acceptors (Lipinski definition) is 5. The van der Waals surface area contributed by atoms with Crippen LogP contribution >= 0.6 is 11.3 Å². The second-order valence-corrected chi connectivity index (χ2v) is 6.99. The molecule has 0 saturated carbocycles. The zero-order chi connectivity index (χ0) is 15.6. The quantitative estimate of drug-likeness (QED) is 0.914. The maximum absolute atomic E-state index is 12.9. The van der Waals surface area contributed by atoms with Gasteiger partial charge < -0.3 is 15.0 Å². The minimum Gasteiger partial charge on any atom is -0.384 e. The van der Waals surface area contributed by atoms with Crippen molar-refractivity contribution >= 4 is 27.5 Å². The lowest BCUT2D eigenvalue weighted by Gasteiger charge is -2.30. The van der Waals surface area contributed by atoms with Crippen molar-refractivity contribution in [1.82, 2.24) is 15.2 Å². The Bertz CT molecular complexity index is 631. The number of amides is 1. The van der Waals surface area contributed by atoms with Crippen LogP contribution in [0.3, 0.4) is 0 Å². The minimum atomic E-state index is -0.430. The number of fused-ring (bicyclic) bond motifs is 1. The molecule has 1 atom stereocenters. The summed E-state index contributed by atoms with van der Waals surface area (Å²) < 4.78 is 6.46. The summed E-state index contributed by atoms with van der Waals surface area (Å²) in [6, 6.07) is 8.06. The predicted molar refractivity (Wildman–Crippen MR) is 87.9 cm³/mol. The van der Waals surface area contributed by atoms with Crippen LogP contribution in [-0.2, 0) is 16.1 Å². The Hall–Kier alpha value is -1.50. The first-order valence-corrected chi connectivity index (χ1v) is 8.26. The van der Waals surface area contributed by atoms with E-state index in [9.17, 15) is 4.79 Å². The molecule has 1 N–H and O–H groups in total. The van der Waals surface area contributed by atoms with Crippen molar-refractivity contribution in [3.05, 3.63) is 29.3 Å². The van der Waals surface area contributed by atoms with Gasteiger partial charge in [0.15, 0.2) is 0 Å². The normalized spacial score (nSPS) is 21.4. The molecule has 2 aromatic rings. The number of nitrogens with one attached hydrogen (secondary N) is 1. The van der Waals surface area contributed by atoms with E-state index in [0.29, 0.717) is 19.7 Å². The SMILES string of the molecule is COCC1(C(=O)N(C)Cc2nc3ccccc3s2)CCNC1. The fourth-order valence-electron chi connectivity index (χ4n) is 3.05. The molecule has 0 aliphatic carbocycles. The van der Waals surface area contributed by atoms with E-state index in [1.807, 2.05) is 25.2 Å². The summed E-state index contributed by atoms with van der Waals surface area (Å²) in [5, 5.41) is 4.25. The monoisotopic (exact) mass is 319 g/mol. The van der Waals surface area contributed by atoms with E-state index in [2.05, 4.69) is 16.4 Å². The Kier molecular flexibility index (Phi) is 4.42. The number of benzene rings is 1. The fraction of sp³-hybridized carbons (Fsp3) is 0.500. The van der Waals surface area contributed by atoms with Crippen LogP contribution in [0.15, 0.2) is 24.3 Å². The molecular formula is C16H21N3O2S. The van der Waals surface area contributed by atoms with Gasteiger partial charge in [-0.15, -0.1) is 11.3 Å². The van der Waals surface area contributed by atoms with Gasteiger partial charge in [0.25, 0.3) is 0 Å². The lowest BCUT2D eigenvalue weighted by Crippen LogP contribution is -2.46. The van der Waals surface area contributed by atoms with E-state index in [0.717, 1.165) is 28.2 Å². The van der Waals surface area contributed by atoms with Crippen LogP contribution in [-0.4, -0.2) is 49.6 Å². The summed E-state index contributed by atoms with van der Waals surface area (Å²) in [4.78, 5) is 19.2. The van der Waals surface area contributed by atoms with Crippen LogP contribution in [0.5, 0.6) is 0 Å². The molecule has 0 bridgehead atoms. The van der Waals surface area contributed by atoms with Gasteiger partial charge in [-0.2, -0.15) is 0 Å². The zero-order valence-electron chi connectivity index (χ0n) is 13.0. The lowest BCUT2D eigenvalue weighted by atomic mass is 9.86. The Morgan fingerprint density at radius 3 is 3.00 bits per heavy atom. The molecule has 1 unspecified atom stereocenters. The smallest absolute Gasteiger partial charge is 0.232 e. The third-order valence-electron chi connectivity index (χ3n) is 4.18. The van der Waals surface area contributed by atoms with Crippen molar-refractivity contribution in [2.45, 2.75) is 13.0 Å².